The molecule has 0 fully saturated rings. The molecule has 200 valence electrons. The first kappa shape index (κ1) is 26.1. The number of aromatic nitrogens is 2. The molecule has 0 saturated heterocycles. The molecule has 1 aromatic heterocycles. The van der Waals surface area contributed by atoms with Crippen molar-refractivity contribution in [3.8, 4) is 0 Å². The van der Waals surface area contributed by atoms with Gasteiger partial charge in [-0.15, -0.1) is 0 Å². The molecule has 4 aromatic rings. The van der Waals surface area contributed by atoms with Crippen LogP contribution in [-0.2, 0) is 40.5 Å². The van der Waals surface area contributed by atoms with Gasteiger partial charge in [0, 0.05) is 0 Å². The molecule has 16 nitrogen and oxygen atoms in total. The number of nitrogens with one attached hydrogen (secondary N) is 2. The number of para-hydroxylation sites is 2. The quantitative estimate of drug-likeness (QED) is 0.125. The maximum Gasteiger partial charge on any atom is 0.298 e. The van der Waals surface area contributed by atoms with E-state index in [9.17, 15) is 51.9 Å². The van der Waals surface area contributed by atoms with Crippen molar-refractivity contribution in [2.45, 2.75) is 19.6 Å². The van der Waals surface area contributed by atoms with Crippen LogP contribution in [0.4, 0.5) is 22.7 Å². The van der Waals surface area contributed by atoms with Gasteiger partial charge in [-0.1, -0.05) is 12.1 Å². The summed E-state index contributed by atoms with van der Waals surface area (Å²) in [5.41, 5.74) is -4.31. The van der Waals surface area contributed by atoms with Gasteiger partial charge in [0.05, 0.1) is 38.7 Å². The average Bonchev–Trinajstić information content (AvgIpc) is 2.76. The molecule has 3 aromatic carbocycles. The lowest BCUT2D eigenvalue weighted by atomic mass is 10.1. The molecule has 2 heterocycles. The fourth-order valence-corrected chi connectivity index (χ4v) is 6.85. The summed E-state index contributed by atoms with van der Waals surface area (Å²) in [6.45, 7) is 0. The smallest absolute Gasteiger partial charge is 0.298 e. The van der Waals surface area contributed by atoms with Crippen LogP contribution in [0.3, 0.4) is 0 Å². The number of hydrogen-bond donors (Lipinski definition) is 6. The summed E-state index contributed by atoms with van der Waals surface area (Å²) in [5, 5.41) is 4.56. The van der Waals surface area contributed by atoms with Crippen LogP contribution in [-0.4, -0.2) is 61.9 Å². The minimum Gasteiger partial charge on any atom is -0.351 e. The molecule has 0 atom stereocenters. The summed E-state index contributed by atoms with van der Waals surface area (Å²) in [6, 6.07) is 6.75. The van der Waals surface area contributed by atoms with Gasteiger partial charge in [-0.2, -0.15) is 33.7 Å². The Kier molecular flexibility index (Phi) is 5.50. The van der Waals surface area contributed by atoms with Crippen LogP contribution < -0.4 is 10.6 Å². The summed E-state index contributed by atoms with van der Waals surface area (Å²) in [6.07, 6.45) is 0. The van der Waals surface area contributed by atoms with Gasteiger partial charge in [0.2, 0.25) is 0 Å². The Bertz CT molecular complexity index is 2180. The van der Waals surface area contributed by atoms with Crippen LogP contribution in [0.25, 0.3) is 22.1 Å². The number of hydrogen-bond acceptors (Lipinski definition) is 12. The van der Waals surface area contributed by atoms with Gasteiger partial charge in [0.25, 0.3) is 40.5 Å². The summed E-state index contributed by atoms with van der Waals surface area (Å²) in [4.78, 5) is 3.75. The molecule has 5 rings (SSSR count). The highest BCUT2D eigenvalue weighted by atomic mass is 32.2. The average molecular weight is 605 g/mol. The SMILES string of the molecule is O=S(=O)(O)c1cc2c(c(S(=O)(=O)O)c1)Nc1c(c(S(=O)(=O)O)c3nc4ccccc4nc3c1S(=O)(=O)O)N2. The van der Waals surface area contributed by atoms with Crippen LogP contribution in [0.2, 0.25) is 0 Å². The Hall–Kier alpha value is -3.50. The van der Waals surface area contributed by atoms with E-state index in [1.165, 1.54) is 24.3 Å². The highest BCUT2D eigenvalue weighted by molar-refractivity contribution is 7.87. The molecule has 20 heteroatoms. The van der Waals surface area contributed by atoms with Gasteiger partial charge in [-0.3, -0.25) is 18.2 Å². The largest absolute Gasteiger partial charge is 0.351 e. The minimum absolute atomic E-state index is 0.0479. The number of benzene rings is 3. The lowest BCUT2D eigenvalue weighted by Crippen LogP contribution is -2.19. The van der Waals surface area contributed by atoms with Crippen molar-refractivity contribution in [3.63, 3.8) is 0 Å². The molecular formula is C18H12N4O12S4. The number of rotatable bonds is 4. The second-order valence-corrected chi connectivity index (χ2v) is 13.3. The standard InChI is InChI=1S/C18H12N4O12S4/c23-35(24,25)7-5-10-12(11(6-7)36(26,27)28)22-16-15(21-10)17(37(29,30)31)13-14(18(16)38(32,33)34)20-9-4-2-1-3-8(9)19-13/h1-6,21-22H,(H,23,24,25)(H,26,27,28)(H,29,30,31)(H,32,33,34). The lowest BCUT2D eigenvalue weighted by molar-refractivity contribution is 0.479. The topological polar surface area (TPSA) is 267 Å². The first-order valence-electron chi connectivity index (χ1n) is 9.76. The molecule has 0 bridgehead atoms. The Balaban J connectivity index is 2.02. The summed E-state index contributed by atoms with van der Waals surface area (Å²) >= 11 is 0. The van der Waals surface area contributed by atoms with Crippen molar-refractivity contribution in [2.75, 3.05) is 10.6 Å². The van der Waals surface area contributed by atoms with Crippen molar-refractivity contribution in [3.05, 3.63) is 36.4 Å². The van der Waals surface area contributed by atoms with Crippen LogP contribution >= 0.6 is 0 Å². The van der Waals surface area contributed by atoms with E-state index in [1.54, 1.807) is 0 Å². The third kappa shape index (κ3) is 4.21. The van der Waals surface area contributed by atoms with E-state index >= 15 is 0 Å². The molecule has 6 N–H and O–H groups in total. The van der Waals surface area contributed by atoms with E-state index in [-0.39, 0.29) is 11.0 Å². The Morgan fingerprint density at radius 2 is 1.05 bits per heavy atom. The first-order valence-corrected chi connectivity index (χ1v) is 15.5. The monoisotopic (exact) mass is 604 g/mol. The van der Waals surface area contributed by atoms with E-state index < -0.39 is 93.8 Å². The number of anilines is 4. The highest BCUT2D eigenvalue weighted by Crippen LogP contribution is 2.50. The maximum absolute atomic E-state index is 12.5. The van der Waals surface area contributed by atoms with Crippen LogP contribution in [0.5, 0.6) is 0 Å². The van der Waals surface area contributed by atoms with E-state index in [1.807, 2.05) is 0 Å². The molecule has 0 aliphatic carbocycles. The predicted molar refractivity (Wildman–Crippen MR) is 129 cm³/mol. The molecule has 0 amide bonds. The van der Waals surface area contributed by atoms with Crippen LogP contribution in [0, 0.1) is 0 Å². The maximum atomic E-state index is 12.5. The zero-order valence-electron chi connectivity index (χ0n) is 18.0. The van der Waals surface area contributed by atoms with E-state index in [2.05, 4.69) is 20.6 Å². The predicted octanol–water partition coefficient (Wildman–Crippen LogP) is 1.57. The van der Waals surface area contributed by atoms with Gasteiger partial charge in [0.1, 0.15) is 25.7 Å². The van der Waals surface area contributed by atoms with Crippen molar-refractivity contribution in [2.24, 2.45) is 0 Å². The number of nitrogens with zero attached hydrogens (tertiary/aromatic N) is 2. The molecule has 38 heavy (non-hydrogen) atoms. The Morgan fingerprint density at radius 1 is 0.579 bits per heavy atom. The molecule has 0 spiro atoms. The van der Waals surface area contributed by atoms with Crippen molar-refractivity contribution >= 4 is 85.3 Å². The Morgan fingerprint density at radius 3 is 1.47 bits per heavy atom. The fourth-order valence-electron chi connectivity index (χ4n) is 3.95. The second kappa shape index (κ2) is 8.00. The van der Waals surface area contributed by atoms with Gasteiger partial charge >= 0.3 is 0 Å². The zero-order valence-corrected chi connectivity index (χ0v) is 21.3. The van der Waals surface area contributed by atoms with Gasteiger partial charge in [-0.25, -0.2) is 9.97 Å². The fraction of sp³-hybridized carbons (Fsp3) is 0. The van der Waals surface area contributed by atoms with E-state index in [0.717, 1.165) is 0 Å². The molecule has 0 radical (unpaired) electrons. The van der Waals surface area contributed by atoms with Crippen molar-refractivity contribution in [1.82, 2.24) is 9.97 Å². The van der Waals surface area contributed by atoms with E-state index in [0.29, 0.717) is 12.1 Å². The van der Waals surface area contributed by atoms with Gasteiger partial charge in [0.15, 0.2) is 0 Å². The van der Waals surface area contributed by atoms with E-state index in [4.69, 9.17) is 0 Å². The molecule has 0 unspecified atom stereocenters. The summed E-state index contributed by atoms with van der Waals surface area (Å²) < 4.78 is 137. The number of fused-ring (bicyclic) bond motifs is 4. The third-order valence-corrected chi connectivity index (χ3v) is 8.92. The summed E-state index contributed by atoms with van der Waals surface area (Å²) in [7, 11) is -21.0. The molecule has 1 aliphatic heterocycles. The third-order valence-electron chi connectivity index (χ3n) is 5.38. The molecule has 0 saturated carbocycles. The second-order valence-electron chi connectivity index (χ2n) is 7.81. The Labute approximate surface area is 213 Å². The first-order chi connectivity index (χ1) is 17.4. The van der Waals surface area contributed by atoms with Crippen LogP contribution in [0.15, 0.2) is 56.0 Å². The minimum atomic E-state index is -5.31. The summed E-state index contributed by atoms with van der Waals surface area (Å²) in [5.74, 6) is 0. The van der Waals surface area contributed by atoms with Crippen LogP contribution in [0.1, 0.15) is 0 Å². The van der Waals surface area contributed by atoms with Crippen molar-refractivity contribution < 1.29 is 51.9 Å². The van der Waals surface area contributed by atoms with Crippen molar-refractivity contribution in [1.29, 1.82) is 0 Å². The van der Waals surface area contributed by atoms with Gasteiger partial charge in [-0.05, 0) is 24.3 Å². The molecule has 1 aliphatic rings. The lowest BCUT2D eigenvalue weighted by Gasteiger charge is -2.28. The van der Waals surface area contributed by atoms with Gasteiger partial charge < -0.3 is 10.6 Å². The highest BCUT2D eigenvalue weighted by Gasteiger charge is 2.38. The molecular weight excluding hydrogens is 592 g/mol. The normalized spacial score (nSPS) is 14.0. The zero-order chi connectivity index (χ0) is 28.0.